The Kier molecular flexibility index (Phi) is 4.29. The molecule has 2 aromatic rings. The molecule has 0 aliphatic carbocycles. The Hall–Kier alpha value is -1.44. The molecule has 20 heavy (non-hydrogen) atoms. The lowest BCUT2D eigenvalue weighted by Crippen LogP contribution is -2.25. The largest absolute Gasteiger partial charge is 0.355 e. The van der Waals surface area contributed by atoms with Crippen molar-refractivity contribution in [3.8, 4) is 11.4 Å². The molecule has 6 nitrogen and oxygen atoms in total. The minimum atomic E-state index is 0.231. The van der Waals surface area contributed by atoms with Gasteiger partial charge in [0.05, 0.1) is 12.7 Å². The van der Waals surface area contributed by atoms with Gasteiger partial charge in [-0.2, -0.15) is 0 Å². The molecule has 0 saturated carbocycles. The summed E-state index contributed by atoms with van der Waals surface area (Å²) in [7, 11) is 1.98. The van der Waals surface area contributed by atoms with Crippen LogP contribution in [0.5, 0.6) is 0 Å². The van der Waals surface area contributed by atoms with Crippen molar-refractivity contribution >= 4 is 11.8 Å². The molecule has 1 atom stereocenters. The van der Waals surface area contributed by atoms with Gasteiger partial charge < -0.3 is 14.0 Å². The van der Waals surface area contributed by atoms with Gasteiger partial charge in [0.2, 0.25) is 0 Å². The molecule has 1 saturated heterocycles. The summed E-state index contributed by atoms with van der Waals surface area (Å²) >= 11 is 1.66. The molecule has 0 spiro atoms. The van der Waals surface area contributed by atoms with Crippen LogP contribution in [0.4, 0.5) is 0 Å². The predicted molar refractivity (Wildman–Crippen MR) is 75.3 cm³/mol. The summed E-state index contributed by atoms with van der Waals surface area (Å²) in [5, 5.41) is 9.39. The number of pyridine rings is 1. The summed E-state index contributed by atoms with van der Waals surface area (Å²) < 4.78 is 12.7. The lowest BCUT2D eigenvalue weighted by molar-refractivity contribution is -0.130. The molecule has 1 aliphatic rings. The average Bonchev–Trinajstić information content (AvgIpc) is 2.88. The molecule has 1 fully saturated rings. The van der Waals surface area contributed by atoms with E-state index in [0.717, 1.165) is 35.3 Å². The lowest BCUT2D eigenvalue weighted by atomic mass is 10.2. The van der Waals surface area contributed by atoms with E-state index in [0.29, 0.717) is 6.79 Å². The Morgan fingerprint density at radius 3 is 2.95 bits per heavy atom. The van der Waals surface area contributed by atoms with Crippen LogP contribution in [-0.4, -0.2) is 45.0 Å². The smallest absolute Gasteiger partial charge is 0.191 e. The van der Waals surface area contributed by atoms with Crippen molar-refractivity contribution in [2.75, 3.05) is 19.2 Å². The van der Waals surface area contributed by atoms with Crippen LogP contribution in [0.1, 0.15) is 6.42 Å². The number of ether oxygens (including phenoxy) is 2. The zero-order chi connectivity index (χ0) is 13.8. The highest BCUT2D eigenvalue weighted by atomic mass is 32.2. The maximum atomic E-state index is 5.52. The second kappa shape index (κ2) is 6.34. The van der Waals surface area contributed by atoms with Gasteiger partial charge in [-0.25, -0.2) is 0 Å². The molecular weight excluding hydrogens is 276 g/mol. The summed E-state index contributed by atoms with van der Waals surface area (Å²) in [6.07, 6.45) is 4.68. The van der Waals surface area contributed by atoms with E-state index in [1.54, 1.807) is 24.2 Å². The standard InChI is InChI=1S/C13H16N4O2S/c1-17-12(10-2-5-14-6-3-10)15-16-13(17)20-8-11-4-7-18-9-19-11/h2-3,5-6,11H,4,7-9H2,1H3/t11-/m0/s1. The van der Waals surface area contributed by atoms with E-state index >= 15 is 0 Å². The molecule has 3 rings (SSSR count). The number of hydrogen-bond acceptors (Lipinski definition) is 6. The quantitative estimate of drug-likeness (QED) is 0.800. The van der Waals surface area contributed by atoms with Crippen molar-refractivity contribution in [3.05, 3.63) is 24.5 Å². The van der Waals surface area contributed by atoms with E-state index in [9.17, 15) is 0 Å². The van der Waals surface area contributed by atoms with E-state index in [-0.39, 0.29) is 6.10 Å². The number of rotatable bonds is 4. The van der Waals surface area contributed by atoms with Crippen molar-refractivity contribution in [1.82, 2.24) is 19.7 Å². The van der Waals surface area contributed by atoms with E-state index in [1.165, 1.54) is 0 Å². The molecule has 0 aromatic carbocycles. The number of thioether (sulfide) groups is 1. The molecule has 106 valence electrons. The summed E-state index contributed by atoms with van der Waals surface area (Å²) in [6.45, 7) is 1.17. The van der Waals surface area contributed by atoms with Crippen molar-refractivity contribution in [2.24, 2.45) is 7.05 Å². The van der Waals surface area contributed by atoms with Gasteiger partial charge in [0.1, 0.15) is 6.79 Å². The lowest BCUT2D eigenvalue weighted by Gasteiger charge is -2.21. The second-order valence-electron chi connectivity index (χ2n) is 4.52. The van der Waals surface area contributed by atoms with Crippen LogP contribution < -0.4 is 0 Å². The first-order valence-electron chi connectivity index (χ1n) is 6.46. The Bertz CT molecular complexity index is 555. The van der Waals surface area contributed by atoms with Gasteiger partial charge in [-0.15, -0.1) is 10.2 Å². The summed E-state index contributed by atoms with van der Waals surface area (Å²) in [6, 6.07) is 3.86. The molecule has 7 heteroatoms. The third-order valence-corrected chi connectivity index (χ3v) is 4.30. The normalized spacial score (nSPS) is 19.1. The molecule has 3 heterocycles. The molecular formula is C13H16N4O2S. The van der Waals surface area contributed by atoms with Crippen LogP contribution in [0, 0.1) is 0 Å². The molecule has 0 amide bonds. The fourth-order valence-corrected chi connectivity index (χ4v) is 2.97. The SMILES string of the molecule is Cn1c(SC[C@@H]2CCOCO2)nnc1-c1ccncc1. The predicted octanol–water partition coefficient (Wildman–Crippen LogP) is 1.73. The Morgan fingerprint density at radius 2 is 2.20 bits per heavy atom. The fourth-order valence-electron chi connectivity index (χ4n) is 1.99. The van der Waals surface area contributed by atoms with Crippen LogP contribution in [0.3, 0.4) is 0 Å². The van der Waals surface area contributed by atoms with Gasteiger partial charge in [0.15, 0.2) is 11.0 Å². The highest BCUT2D eigenvalue weighted by Gasteiger charge is 2.17. The summed E-state index contributed by atoms with van der Waals surface area (Å²) in [5.41, 5.74) is 1.02. The highest BCUT2D eigenvalue weighted by molar-refractivity contribution is 7.99. The first kappa shape index (κ1) is 13.5. The van der Waals surface area contributed by atoms with Crippen LogP contribution in [0.2, 0.25) is 0 Å². The first-order valence-corrected chi connectivity index (χ1v) is 7.45. The molecule has 2 aromatic heterocycles. The first-order chi connectivity index (χ1) is 9.84. The Balaban J connectivity index is 1.67. The number of aromatic nitrogens is 4. The maximum absolute atomic E-state index is 5.52. The molecule has 0 unspecified atom stereocenters. The van der Waals surface area contributed by atoms with Gasteiger partial charge in [-0.1, -0.05) is 11.8 Å². The molecule has 1 aliphatic heterocycles. The third-order valence-electron chi connectivity index (χ3n) is 3.14. The monoisotopic (exact) mass is 292 g/mol. The van der Waals surface area contributed by atoms with Gasteiger partial charge in [-0.3, -0.25) is 4.98 Å². The van der Waals surface area contributed by atoms with E-state index in [2.05, 4.69) is 15.2 Å². The van der Waals surface area contributed by atoms with Crippen molar-refractivity contribution < 1.29 is 9.47 Å². The van der Waals surface area contributed by atoms with Crippen LogP contribution in [-0.2, 0) is 16.5 Å². The minimum Gasteiger partial charge on any atom is -0.355 e. The van der Waals surface area contributed by atoms with Crippen molar-refractivity contribution in [2.45, 2.75) is 17.7 Å². The zero-order valence-corrected chi connectivity index (χ0v) is 12.0. The maximum Gasteiger partial charge on any atom is 0.191 e. The average molecular weight is 292 g/mol. The van der Waals surface area contributed by atoms with Crippen molar-refractivity contribution in [1.29, 1.82) is 0 Å². The summed E-state index contributed by atoms with van der Waals surface area (Å²) in [4.78, 5) is 4.01. The van der Waals surface area contributed by atoms with Crippen LogP contribution in [0.25, 0.3) is 11.4 Å². The molecule has 0 N–H and O–H groups in total. The molecule has 0 bridgehead atoms. The van der Waals surface area contributed by atoms with Crippen molar-refractivity contribution in [3.63, 3.8) is 0 Å². The van der Waals surface area contributed by atoms with Crippen LogP contribution >= 0.6 is 11.8 Å². The van der Waals surface area contributed by atoms with Gasteiger partial charge in [0, 0.05) is 30.8 Å². The summed E-state index contributed by atoms with van der Waals surface area (Å²) in [5.74, 6) is 1.72. The Labute approximate surface area is 121 Å². The second-order valence-corrected chi connectivity index (χ2v) is 5.50. The number of nitrogens with zero attached hydrogens (tertiary/aromatic N) is 4. The Morgan fingerprint density at radius 1 is 1.35 bits per heavy atom. The zero-order valence-electron chi connectivity index (χ0n) is 11.2. The van der Waals surface area contributed by atoms with Crippen LogP contribution in [0.15, 0.2) is 29.7 Å². The number of hydrogen-bond donors (Lipinski definition) is 0. The van der Waals surface area contributed by atoms with Gasteiger partial charge in [-0.05, 0) is 18.6 Å². The van der Waals surface area contributed by atoms with E-state index in [4.69, 9.17) is 9.47 Å². The van der Waals surface area contributed by atoms with Gasteiger partial charge >= 0.3 is 0 Å². The minimum absolute atomic E-state index is 0.231. The van der Waals surface area contributed by atoms with E-state index in [1.807, 2.05) is 23.7 Å². The molecule has 0 radical (unpaired) electrons. The third kappa shape index (κ3) is 3.00. The van der Waals surface area contributed by atoms with Gasteiger partial charge in [0.25, 0.3) is 0 Å². The van der Waals surface area contributed by atoms with E-state index < -0.39 is 0 Å². The topological polar surface area (TPSA) is 62.1 Å². The highest BCUT2D eigenvalue weighted by Crippen LogP contribution is 2.24. The fraction of sp³-hybridized carbons (Fsp3) is 0.462.